The van der Waals surface area contributed by atoms with Gasteiger partial charge in [0.25, 0.3) is 5.91 Å². The fourth-order valence-electron chi connectivity index (χ4n) is 3.62. The number of nitrogens with one attached hydrogen (secondary N) is 1. The van der Waals surface area contributed by atoms with Gasteiger partial charge >= 0.3 is 0 Å². The van der Waals surface area contributed by atoms with Crippen molar-refractivity contribution in [1.82, 2.24) is 10.3 Å². The van der Waals surface area contributed by atoms with Gasteiger partial charge < -0.3 is 14.4 Å². The monoisotopic (exact) mass is 435 g/mol. The second-order valence-corrected chi connectivity index (χ2v) is 7.63. The molecule has 0 unspecified atom stereocenters. The van der Waals surface area contributed by atoms with Crippen LogP contribution in [0.4, 0.5) is 0 Å². The number of likely N-dealkylation sites (tertiary alicyclic amines) is 1. The molecule has 1 heterocycles. The number of hydrogen-bond acceptors (Lipinski definition) is 5. The summed E-state index contributed by atoms with van der Waals surface area (Å²) in [5.74, 6) is 0.905. The summed E-state index contributed by atoms with van der Waals surface area (Å²) in [6.45, 7) is 7.05. The summed E-state index contributed by atoms with van der Waals surface area (Å²) in [6.07, 6.45) is 4.45. The van der Waals surface area contributed by atoms with Crippen molar-refractivity contribution in [2.45, 2.75) is 19.8 Å². The lowest BCUT2D eigenvalue weighted by atomic mass is 9.95. The minimum absolute atomic E-state index is 0.0226. The summed E-state index contributed by atoms with van der Waals surface area (Å²) >= 11 is 0. The largest absolute Gasteiger partial charge is 0.493 e. The van der Waals surface area contributed by atoms with Crippen LogP contribution < -0.4 is 14.9 Å². The Labute approximate surface area is 188 Å². The van der Waals surface area contributed by atoms with E-state index in [0.717, 1.165) is 16.7 Å². The maximum absolute atomic E-state index is 12.7. The first-order valence-electron chi connectivity index (χ1n) is 10.6. The van der Waals surface area contributed by atoms with E-state index in [1.807, 2.05) is 42.2 Å². The van der Waals surface area contributed by atoms with Crippen molar-refractivity contribution in [2.24, 2.45) is 11.0 Å². The normalized spacial score (nSPS) is 14.2. The number of rotatable bonds is 8. The first-order valence-corrected chi connectivity index (χ1v) is 10.6. The molecule has 1 aliphatic rings. The molecule has 0 spiro atoms. The molecule has 0 atom stereocenters. The molecule has 1 N–H and O–H groups in total. The predicted octanol–water partition coefficient (Wildman–Crippen LogP) is 3.57. The SMILES string of the molecule is C=CCOc1ccc(/C=N\NC(=O)C2CCN(C(=O)c3ccccc3C)CC2)cc1OC. The van der Waals surface area contributed by atoms with Gasteiger partial charge in [-0.05, 0) is 55.2 Å². The Morgan fingerprint density at radius 2 is 1.94 bits per heavy atom. The Morgan fingerprint density at radius 3 is 2.62 bits per heavy atom. The van der Waals surface area contributed by atoms with Gasteiger partial charge in [-0.25, -0.2) is 5.43 Å². The van der Waals surface area contributed by atoms with Gasteiger partial charge in [-0.3, -0.25) is 9.59 Å². The summed E-state index contributed by atoms with van der Waals surface area (Å²) in [5, 5.41) is 4.08. The van der Waals surface area contributed by atoms with E-state index in [9.17, 15) is 9.59 Å². The molecule has 0 saturated carbocycles. The number of nitrogens with zero attached hydrogens (tertiary/aromatic N) is 2. The smallest absolute Gasteiger partial charge is 0.254 e. The fraction of sp³-hybridized carbons (Fsp3) is 0.320. The van der Waals surface area contributed by atoms with E-state index < -0.39 is 0 Å². The van der Waals surface area contributed by atoms with E-state index in [-0.39, 0.29) is 17.7 Å². The Kier molecular flexibility index (Phi) is 8.02. The fourth-order valence-corrected chi connectivity index (χ4v) is 3.62. The average Bonchev–Trinajstić information content (AvgIpc) is 2.83. The number of carbonyl (C=O) groups excluding carboxylic acids is 2. The van der Waals surface area contributed by atoms with Crippen LogP contribution in [0, 0.1) is 12.8 Å². The molecule has 1 saturated heterocycles. The maximum Gasteiger partial charge on any atom is 0.254 e. The van der Waals surface area contributed by atoms with Crippen molar-refractivity contribution in [3.05, 3.63) is 71.8 Å². The predicted molar refractivity (Wildman–Crippen MR) is 124 cm³/mol. The van der Waals surface area contributed by atoms with E-state index in [1.54, 1.807) is 31.5 Å². The molecule has 7 heteroatoms. The summed E-state index contributed by atoms with van der Waals surface area (Å²) < 4.78 is 10.9. The molecule has 3 rings (SSSR count). The van der Waals surface area contributed by atoms with Crippen molar-refractivity contribution in [2.75, 3.05) is 26.8 Å². The average molecular weight is 436 g/mol. The molecule has 0 bridgehead atoms. The number of benzene rings is 2. The third-order valence-corrected chi connectivity index (χ3v) is 5.46. The van der Waals surface area contributed by atoms with Gasteiger partial charge in [0.05, 0.1) is 13.3 Å². The molecule has 2 amide bonds. The van der Waals surface area contributed by atoms with Crippen LogP contribution in [0.3, 0.4) is 0 Å². The molecular formula is C25H29N3O4. The first-order chi connectivity index (χ1) is 15.5. The number of ether oxygens (including phenoxy) is 2. The minimum Gasteiger partial charge on any atom is -0.493 e. The topological polar surface area (TPSA) is 80.2 Å². The van der Waals surface area contributed by atoms with Crippen LogP contribution in [-0.4, -0.2) is 49.7 Å². The quantitative estimate of drug-likeness (QED) is 0.391. The van der Waals surface area contributed by atoms with Crippen molar-refractivity contribution >= 4 is 18.0 Å². The number of amides is 2. The minimum atomic E-state index is -0.169. The second kappa shape index (κ2) is 11.1. The molecular weight excluding hydrogens is 406 g/mol. The van der Waals surface area contributed by atoms with Gasteiger partial charge in [-0.15, -0.1) is 0 Å². The van der Waals surface area contributed by atoms with Gasteiger partial charge in [-0.2, -0.15) is 5.10 Å². The molecule has 1 aliphatic heterocycles. The van der Waals surface area contributed by atoms with Crippen molar-refractivity contribution in [3.63, 3.8) is 0 Å². The Bertz CT molecular complexity index is 994. The number of aryl methyl sites for hydroxylation is 1. The zero-order chi connectivity index (χ0) is 22.9. The zero-order valence-corrected chi connectivity index (χ0v) is 18.5. The van der Waals surface area contributed by atoms with E-state index in [2.05, 4.69) is 17.1 Å². The van der Waals surface area contributed by atoms with Crippen molar-refractivity contribution in [3.8, 4) is 11.5 Å². The van der Waals surface area contributed by atoms with Gasteiger partial charge in [0, 0.05) is 24.6 Å². The van der Waals surface area contributed by atoms with Crippen LogP contribution in [0.5, 0.6) is 11.5 Å². The van der Waals surface area contributed by atoms with E-state index in [4.69, 9.17) is 9.47 Å². The van der Waals surface area contributed by atoms with Crippen LogP contribution in [0.15, 0.2) is 60.2 Å². The highest BCUT2D eigenvalue weighted by Gasteiger charge is 2.28. The lowest BCUT2D eigenvalue weighted by molar-refractivity contribution is -0.126. The highest BCUT2D eigenvalue weighted by atomic mass is 16.5. The van der Waals surface area contributed by atoms with Gasteiger partial charge in [0.2, 0.25) is 5.91 Å². The highest BCUT2D eigenvalue weighted by molar-refractivity contribution is 5.95. The van der Waals surface area contributed by atoms with Crippen LogP contribution in [0.25, 0.3) is 0 Å². The number of methoxy groups -OCH3 is 1. The summed E-state index contributed by atoms with van der Waals surface area (Å²) in [7, 11) is 1.56. The lowest BCUT2D eigenvalue weighted by Gasteiger charge is -2.31. The number of carbonyl (C=O) groups is 2. The summed E-state index contributed by atoms with van der Waals surface area (Å²) in [6, 6.07) is 13.0. The molecule has 168 valence electrons. The molecule has 32 heavy (non-hydrogen) atoms. The third kappa shape index (κ3) is 5.75. The van der Waals surface area contributed by atoms with Gasteiger partial charge in [0.15, 0.2) is 11.5 Å². The standard InChI is InChI=1S/C25H29N3O4/c1-4-15-32-22-10-9-19(16-23(22)31-3)17-26-27-24(29)20-11-13-28(14-12-20)25(30)21-8-6-5-7-18(21)2/h4-10,16-17,20H,1,11-15H2,2-3H3,(H,27,29)/b26-17-. The first kappa shape index (κ1) is 23.1. The van der Waals surface area contributed by atoms with E-state index in [0.29, 0.717) is 44.0 Å². The van der Waals surface area contributed by atoms with Crippen molar-refractivity contribution in [1.29, 1.82) is 0 Å². The molecule has 1 fully saturated rings. The summed E-state index contributed by atoms with van der Waals surface area (Å²) in [5.41, 5.74) is 5.06. The van der Waals surface area contributed by atoms with Crippen molar-refractivity contribution < 1.29 is 19.1 Å². The van der Waals surface area contributed by atoms with Crippen LogP contribution in [0.1, 0.15) is 34.3 Å². The van der Waals surface area contributed by atoms with Gasteiger partial charge in [0.1, 0.15) is 6.61 Å². The lowest BCUT2D eigenvalue weighted by Crippen LogP contribution is -2.42. The van der Waals surface area contributed by atoms with Gasteiger partial charge in [-0.1, -0.05) is 30.9 Å². The van der Waals surface area contributed by atoms with Crippen LogP contribution in [0.2, 0.25) is 0 Å². The molecule has 7 nitrogen and oxygen atoms in total. The van der Waals surface area contributed by atoms with E-state index in [1.165, 1.54) is 0 Å². The molecule has 2 aromatic carbocycles. The van der Waals surface area contributed by atoms with Crippen LogP contribution in [-0.2, 0) is 4.79 Å². The Morgan fingerprint density at radius 1 is 1.19 bits per heavy atom. The molecule has 2 aromatic rings. The highest BCUT2D eigenvalue weighted by Crippen LogP contribution is 2.27. The molecule has 0 aliphatic carbocycles. The maximum atomic E-state index is 12.7. The second-order valence-electron chi connectivity index (χ2n) is 7.63. The van der Waals surface area contributed by atoms with Crippen LogP contribution >= 0.6 is 0 Å². The number of piperidine rings is 1. The molecule has 0 radical (unpaired) electrons. The Hall–Kier alpha value is -3.61. The Balaban J connectivity index is 1.51. The number of hydrazone groups is 1. The molecule has 0 aromatic heterocycles. The summed E-state index contributed by atoms with van der Waals surface area (Å²) in [4.78, 5) is 27.1. The zero-order valence-electron chi connectivity index (χ0n) is 18.5. The van der Waals surface area contributed by atoms with E-state index >= 15 is 0 Å². The number of hydrogen-bond donors (Lipinski definition) is 1. The third-order valence-electron chi connectivity index (χ3n) is 5.46.